The van der Waals surface area contributed by atoms with E-state index < -0.39 is 5.82 Å². The summed E-state index contributed by atoms with van der Waals surface area (Å²) < 4.78 is 18.8. The van der Waals surface area contributed by atoms with Gasteiger partial charge in [-0.1, -0.05) is 18.5 Å². The molecule has 0 saturated carbocycles. The Labute approximate surface area is 156 Å². The first-order valence-electron chi connectivity index (χ1n) is 8.47. The van der Waals surface area contributed by atoms with Crippen LogP contribution in [0.2, 0.25) is 5.02 Å². The lowest BCUT2D eigenvalue weighted by Crippen LogP contribution is -2.54. The lowest BCUT2D eigenvalue weighted by Gasteiger charge is -2.40. The van der Waals surface area contributed by atoms with Crippen LogP contribution in [0.3, 0.4) is 0 Å². The van der Waals surface area contributed by atoms with Crippen molar-refractivity contribution < 1.29 is 13.9 Å². The highest BCUT2D eigenvalue weighted by atomic mass is 35.5. The van der Waals surface area contributed by atoms with Gasteiger partial charge in [0.2, 0.25) is 11.8 Å². The number of aromatic nitrogens is 2. The molecule has 138 valence electrons. The number of benzene rings is 1. The summed E-state index contributed by atoms with van der Waals surface area (Å²) in [6.07, 6.45) is 1.92. The van der Waals surface area contributed by atoms with Gasteiger partial charge in [-0.2, -0.15) is 0 Å². The lowest BCUT2D eigenvalue weighted by atomic mass is 10.1. The van der Waals surface area contributed by atoms with E-state index in [4.69, 9.17) is 16.3 Å². The molecule has 8 heteroatoms. The molecule has 3 rings (SSSR count). The van der Waals surface area contributed by atoms with Crippen molar-refractivity contribution in [1.29, 1.82) is 0 Å². The summed E-state index contributed by atoms with van der Waals surface area (Å²) in [6, 6.07) is 5.72. The van der Waals surface area contributed by atoms with Gasteiger partial charge in [0.25, 0.3) is 0 Å². The summed E-state index contributed by atoms with van der Waals surface area (Å²) in [5.74, 6) is 1.09. The van der Waals surface area contributed by atoms with E-state index in [1.807, 2.05) is 18.7 Å². The van der Waals surface area contributed by atoms with E-state index in [0.717, 1.165) is 0 Å². The molecule has 26 heavy (non-hydrogen) atoms. The van der Waals surface area contributed by atoms with Crippen LogP contribution < -0.4 is 9.64 Å². The predicted molar refractivity (Wildman–Crippen MR) is 97.2 cm³/mol. The molecule has 1 amide bonds. The van der Waals surface area contributed by atoms with Gasteiger partial charge >= 0.3 is 0 Å². The van der Waals surface area contributed by atoms with Gasteiger partial charge in [-0.25, -0.2) is 14.4 Å². The summed E-state index contributed by atoms with van der Waals surface area (Å²) in [4.78, 5) is 24.3. The van der Waals surface area contributed by atoms with Crippen LogP contribution in [0.5, 0.6) is 11.6 Å². The molecule has 1 saturated heterocycles. The normalized spacial score (nSPS) is 17.3. The van der Waals surface area contributed by atoms with Crippen molar-refractivity contribution in [3.05, 3.63) is 41.4 Å². The number of ether oxygens (including phenoxy) is 1. The molecule has 2 heterocycles. The van der Waals surface area contributed by atoms with Crippen molar-refractivity contribution in [3.8, 4) is 11.6 Å². The van der Waals surface area contributed by atoms with Gasteiger partial charge in [0.15, 0.2) is 0 Å². The Morgan fingerprint density at radius 1 is 1.35 bits per heavy atom. The van der Waals surface area contributed by atoms with E-state index in [0.29, 0.717) is 43.5 Å². The third-order valence-electron chi connectivity index (χ3n) is 4.31. The molecule has 0 N–H and O–H groups in total. The minimum Gasteiger partial charge on any atom is -0.437 e. The molecule has 0 aliphatic carbocycles. The monoisotopic (exact) mass is 378 g/mol. The van der Waals surface area contributed by atoms with Crippen LogP contribution in [0.15, 0.2) is 30.6 Å². The Morgan fingerprint density at radius 3 is 2.85 bits per heavy atom. The minimum absolute atomic E-state index is 0.0991. The van der Waals surface area contributed by atoms with Crippen molar-refractivity contribution in [2.45, 2.75) is 26.3 Å². The van der Waals surface area contributed by atoms with Crippen LogP contribution in [-0.2, 0) is 4.79 Å². The first kappa shape index (κ1) is 18.4. The zero-order chi connectivity index (χ0) is 18.7. The highest BCUT2D eigenvalue weighted by Gasteiger charge is 2.27. The van der Waals surface area contributed by atoms with Gasteiger partial charge in [-0.15, -0.1) is 0 Å². The quantitative estimate of drug-likeness (QED) is 0.814. The second kappa shape index (κ2) is 7.86. The second-order valence-electron chi connectivity index (χ2n) is 6.13. The topological polar surface area (TPSA) is 58.6 Å². The van der Waals surface area contributed by atoms with Crippen molar-refractivity contribution in [3.63, 3.8) is 0 Å². The number of piperazine rings is 1. The zero-order valence-electron chi connectivity index (χ0n) is 14.7. The molecule has 2 aromatic rings. The maximum Gasteiger partial charge on any atom is 0.224 e. The number of halogens is 2. The molecular weight excluding hydrogens is 359 g/mol. The van der Waals surface area contributed by atoms with Gasteiger partial charge in [-0.05, 0) is 25.1 Å². The van der Waals surface area contributed by atoms with E-state index >= 15 is 0 Å². The lowest BCUT2D eigenvalue weighted by molar-refractivity contribution is -0.133. The van der Waals surface area contributed by atoms with Gasteiger partial charge < -0.3 is 14.5 Å². The Kier molecular flexibility index (Phi) is 5.56. The number of carbonyl (C=O) groups excluding carboxylic acids is 1. The fourth-order valence-corrected chi connectivity index (χ4v) is 3.17. The molecule has 1 aliphatic rings. The standard InChI is InChI=1S/C18H20ClFN4O2/c1-3-18(25)24-7-6-23(10-12(24)2)16-9-17(22-11-21-16)26-15-5-4-13(20)8-14(15)19/h4-5,8-9,11-12H,3,6-7,10H2,1-2H3. The van der Waals surface area contributed by atoms with E-state index in [1.54, 1.807) is 6.07 Å². The molecule has 1 aliphatic heterocycles. The van der Waals surface area contributed by atoms with Crippen LogP contribution in [0.25, 0.3) is 0 Å². The average Bonchev–Trinajstić information content (AvgIpc) is 2.63. The molecule has 0 spiro atoms. The largest absolute Gasteiger partial charge is 0.437 e. The Balaban J connectivity index is 1.72. The molecule has 1 unspecified atom stereocenters. The fourth-order valence-electron chi connectivity index (χ4n) is 2.97. The van der Waals surface area contributed by atoms with Crippen molar-refractivity contribution in [2.24, 2.45) is 0 Å². The molecule has 1 atom stereocenters. The SMILES string of the molecule is CCC(=O)N1CCN(c2cc(Oc3ccc(F)cc3Cl)ncn2)CC1C. The maximum atomic E-state index is 13.1. The van der Waals surface area contributed by atoms with Crippen LogP contribution in [-0.4, -0.2) is 46.5 Å². The number of anilines is 1. The van der Waals surface area contributed by atoms with Gasteiger partial charge in [0.05, 0.1) is 5.02 Å². The summed E-state index contributed by atoms with van der Waals surface area (Å²) >= 11 is 5.99. The summed E-state index contributed by atoms with van der Waals surface area (Å²) in [5, 5.41) is 0.172. The predicted octanol–water partition coefficient (Wildman–Crippen LogP) is 3.51. The maximum absolute atomic E-state index is 13.1. The van der Waals surface area contributed by atoms with E-state index in [-0.39, 0.29) is 17.0 Å². The van der Waals surface area contributed by atoms with Crippen molar-refractivity contribution in [2.75, 3.05) is 24.5 Å². The van der Waals surface area contributed by atoms with Crippen molar-refractivity contribution >= 4 is 23.3 Å². The summed E-state index contributed by atoms with van der Waals surface area (Å²) in [7, 11) is 0. The molecule has 1 aromatic carbocycles. The number of hydrogen-bond acceptors (Lipinski definition) is 5. The Morgan fingerprint density at radius 2 is 2.15 bits per heavy atom. The van der Waals surface area contributed by atoms with E-state index in [2.05, 4.69) is 14.9 Å². The van der Waals surface area contributed by atoms with Gasteiger partial charge in [0.1, 0.15) is 23.7 Å². The number of nitrogens with zero attached hydrogens (tertiary/aromatic N) is 4. The molecule has 6 nitrogen and oxygen atoms in total. The van der Waals surface area contributed by atoms with Gasteiger partial charge in [-0.3, -0.25) is 4.79 Å². The van der Waals surface area contributed by atoms with Crippen LogP contribution in [0, 0.1) is 5.82 Å². The Bertz CT molecular complexity index is 805. The zero-order valence-corrected chi connectivity index (χ0v) is 15.4. The first-order chi connectivity index (χ1) is 12.5. The highest BCUT2D eigenvalue weighted by molar-refractivity contribution is 6.32. The summed E-state index contributed by atoms with van der Waals surface area (Å²) in [5.41, 5.74) is 0. The van der Waals surface area contributed by atoms with Crippen LogP contribution in [0.1, 0.15) is 20.3 Å². The molecule has 0 bridgehead atoms. The van der Waals surface area contributed by atoms with Gasteiger partial charge in [0, 0.05) is 38.2 Å². The molecule has 1 fully saturated rings. The number of amides is 1. The molecule has 0 radical (unpaired) electrons. The first-order valence-corrected chi connectivity index (χ1v) is 8.85. The third kappa shape index (κ3) is 4.04. The number of rotatable bonds is 4. The Hall–Kier alpha value is -2.41. The van der Waals surface area contributed by atoms with E-state index in [1.165, 1.54) is 24.5 Å². The molecular formula is C18H20ClFN4O2. The highest BCUT2D eigenvalue weighted by Crippen LogP contribution is 2.30. The minimum atomic E-state index is -0.431. The second-order valence-corrected chi connectivity index (χ2v) is 6.53. The molecule has 1 aromatic heterocycles. The van der Waals surface area contributed by atoms with E-state index in [9.17, 15) is 9.18 Å². The van der Waals surface area contributed by atoms with Crippen molar-refractivity contribution in [1.82, 2.24) is 14.9 Å². The van der Waals surface area contributed by atoms with Crippen LogP contribution in [0.4, 0.5) is 10.2 Å². The summed E-state index contributed by atoms with van der Waals surface area (Å²) in [6.45, 7) is 5.91. The smallest absolute Gasteiger partial charge is 0.224 e. The average molecular weight is 379 g/mol. The van der Waals surface area contributed by atoms with Crippen LogP contribution >= 0.6 is 11.6 Å². The third-order valence-corrected chi connectivity index (χ3v) is 4.61. The fraction of sp³-hybridized carbons (Fsp3) is 0.389. The number of hydrogen-bond donors (Lipinski definition) is 0. The number of carbonyl (C=O) groups is 1.